The summed E-state index contributed by atoms with van der Waals surface area (Å²) in [7, 11) is 0. The summed E-state index contributed by atoms with van der Waals surface area (Å²) in [5.41, 5.74) is 6.07. The molecule has 0 bridgehead atoms. The molecule has 8 heteroatoms. The topological polar surface area (TPSA) is 93.8 Å². The number of hydrogen-bond donors (Lipinski definition) is 3. The van der Waals surface area contributed by atoms with Crippen LogP contribution >= 0.6 is 0 Å². The van der Waals surface area contributed by atoms with Crippen molar-refractivity contribution < 1.29 is 14.4 Å². The van der Waals surface area contributed by atoms with Crippen LogP contribution in [0.1, 0.15) is 10.4 Å². The molecule has 2 aromatic carbocycles. The quantitative estimate of drug-likeness (QED) is 0.696. The Balaban J connectivity index is 1.38. The molecular formula is C20H23N5O3. The van der Waals surface area contributed by atoms with Crippen LogP contribution in [0.4, 0.5) is 10.5 Å². The van der Waals surface area contributed by atoms with E-state index < -0.39 is 0 Å². The highest BCUT2D eigenvalue weighted by molar-refractivity contribution is 5.95. The van der Waals surface area contributed by atoms with Gasteiger partial charge in [0.2, 0.25) is 5.91 Å². The van der Waals surface area contributed by atoms with Gasteiger partial charge >= 0.3 is 6.03 Å². The van der Waals surface area contributed by atoms with E-state index in [1.54, 1.807) is 29.2 Å². The summed E-state index contributed by atoms with van der Waals surface area (Å²) in [6.07, 6.45) is 0. The number of piperazine rings is 1. The highest BCUT2D eigenvalue weighted by atomic mass is 16.2. The van der Waals surface area contributed by atoms with Crippen LogP contribution in [0, 0.1) is 0 Å². The summed E-state index contributed by atoms with van der Waals surface area (Å²) in [5, 5.41) is 2.85. The lowest BCUT2D eigenvalue weighted by molar-refractivity contribution is -0.117. The molecule has 3 rings (SSSR count). The monoisotopic (exact) mass is 381 g/mol. The zero-order valence-corrected chi connectivity index (χ0v) is 15.4. The van der Waals surface area contributed by atoms with E-state index in [1.807, 2.05) is 41.3 Å². The number of nitrogens with zero attached hydrogens (tertiary/aromatic N) is 2. The van der Waals surface area contributed by atoms with Gasteiger partial charge in [-0.3, -0.25) is 19.9 Å². The second-order valence-electron chi connectivity index (χ2n) is 6.43. The molecule has 1 aliphatic rings. The molecule has 2 aromatic rings. The predicted molar refractivity (Wildman–Crippen MR) is 106 cm³/mol. The average molecular weight is 381 g/mol. The van der Waals surface area contributed by atoms with Crippen molar-refractivity contribution in [3.05, 3.63) is 66.2 Å². The Morgan fingerprint density at radius 2 is 1.39 bits per heavy atom. The first kappa shape index (κ1) is 19.4. The second kappa shape index (κ2) is 9.52. The summed E-state index contributed by atoms with van der Waals surface area (Å²) in [6.45, 7) is 2.40. The minimum atomic E-state index is -0.370. The van der Waals surface area contributed by atoms with Crippen LogP contribution in [-0.2, 0) is 4.79 Å². The molecule has 1 heterocycles. The molecule has 28 heavy (non-hydrogen) atoms. The fourth-order valence-electron chi connectivity index (χ4n) is 2.89. The first-order valence-electron chi connectivity index (χ1n) is 9.09. The number of nitrogens with one attached hydrogen (secondary N) is 3. The molecule has 146 valence electrons. The van der Waals surface area contributed by atoms with E-state index in [-0.39, 0.29) is 24.4 Å². The van der Waals surface area contributed by atoms with E-state index in [4.69, 9.17) is 0 Å². The maximum atomic E-state index is 12.2. The van der Waals surface area contributed by atoms with Crippen molar-refractivity contribution in [2.45, 2.75) is 0 Å². The zero-order chi connectivity index (χ0) is 19.8. The maximum absolute atomic E-state index is 12.2. The maximum Gasteiger partial charge on any atom is 0.336 e. The van der Waals surface area contributed by atoms with Crippen LogP contribution in [0.2, 0.25) is 0 Å². The summed E-state index contributed by atoms with van der Waals surface area (Å²) >= 11 is 0. The summed E-state index contributed by atoms with van der Waals surface area (Å²) < 4.78 is 0. The van der Waals surface area contributed by atoms with Crippen molar-refractivity contribution in [3.63, 3.8) is 0 Å². The number of carbonyl (C=O) groups excluding carboxylic acids is 3. The lowest BCUT2D eigenvalue weighted by Gasteiger charge is -2.34. The fraction of sp³-hybridized carbons (Fsp3) is 0.250. The van der Waals surface area contributed by atoms with Crippen molar-refractivity contribution in [2.24, 2.45) is 0 Å². The van der Waals surface area contributed by atoms with Gasteiger partial charge in [-0.2, -0.15) is 0 Å². The number of amides is 4. The first-order valence-corrected chi connectivity index (χ1v) is 9.09. The van der Waals surface area contributed by atoms with Crippen LogP contribution in [-0.4, -0.2) is 60.4 Å². The number of para-hydroxylation sites is 1. The third kappa shape index (κ3) is 5.55. The number of rotatable bonds is 4. The number of carbonyl (C=O) groups is 3. The molecule has 1 saturated heterocycles. The lowest BCUT2D eigenvalue weighted by Crippen LogP contribution is -2.55. The zero-order valence-electron chi connectivity index (χ0n) is 15.4. The molecule has 1 aliphatic heterocycles. The van der Waals surface area contributed by atoms with Crippen LogP contribution in [0.25, 0.3) is 0 Å². The Morgan fingerprint density at radius 3 is 2.04 bits per heavy atom. The highest BCUT2D eigenvalue weighted by Crippen LogP contribution is 2.06. The minimum Gasteiger partial charge on any atom is -0.325 e. The minimum absolute atomic E-state index is 0.0841. The van der Waals surface area contributed by atoms with Crippen LogP contribution in [0.3, 0.4) is 0 Å². The second-order valence-corrected chi connectivity index (χ2v) is 6.43. The first-order chi connectivity index (χ1) is 13.6. The Hall–Kier alpha value is -3.39. The summed E-state index contributed by atoms with van der Waals surface area (Å²) in [5.74, 6) is -0.454. The van der Waals surface area contributed by atoms with Gasteiger partial charge < -0.3 is 10.2 Å². The molecule has 3 N–H and O–H groups in total. The average Bonchev–Trinajstić information content (AvgIpc) is 2.73. The third-order valence-corrected chi connectivity index (χ3v) is 4.40. The largest absolute Gasteiger partial charge is 0.336 e. The standard InChI is InChI=1S/C20H23N5O3/c26-18(21-17-9-5-2-6-10-17)15-24-11-13-25(14-12-24)20(28)23-22-19(27)16-7-3-1-4-8-16/h1-10H,11-15H2,(H,21,26)(H,22,27)(H,23,28). The van der Waals surface area contributed by atoms with Gasteiger partial charge in [0.05, 0.1) is 6.54 Å². The molecular weight excluding hydrogens is 358 g/mol. The van der Waals surface area contributed by atoms with Gasteiger partial charge in [-0.15, -0.1) is 0 Å². The van der Waals surface area contributed by atoms with E-state index >= 15 is 0 Å². The fourth-order valence-corrected chi connectivity index (χ4v) is 2.89. The molecule has 0 aliphatic carbocycles. The Morgan fingerprint density at radius 1 is 0.786 bits per heavy atom. The molecule has 0 unspecified atom stereocenters. The smallest absolute Gasteiger partial charge is 0.325 e. The number of hydrogen-bond acceptors (Lipinski definition) is 4. The van der Waals surface area contributed by atoms with Crippen molar-refractivity contribution in [1.29, 1.82) is 0 Å². The van der Waals surface area contributed by atoms with Crippen molar-refractivity contribution >= 4 is 23.5 Å². The molecule has 0 spiro atoms. The van der Waals surface area contributed by atoms with Gasteiger partial charge in [0, 0.05) is 37.4 Å². The molecule has 0 saturated carbocycles. The van der Waals surface area contributed by atoms with E-state index in [2.05, 4.69) is 16.2 Å². The predicted octanol–water partition coefficient (Wildman–Crippen LogP) is 1.30. The van der Waals surface area contributed by atoms with Gasteiger partial charge in [-0.05, 0) is 24.3 Å². The molecule has 0 radical (unpaired) electrons. The normalized spacial score (nSPS) is 14.2. The SMILES string of the molecule is O=C(CN1CCN(C(=O)NNC(=O)c2ccccc2)CC1)Nc1ccccc1. The van der Waals surface area contributed by atoms with Crippen LogP contribution < -0.4 is 16.2 Å². The molecule has 0 atom stereocenters. The molecule has 8 nitrogen and oxygen atoms in total. The summed E-state index contributed by atoms with van der Waals surface area (Å²) in [4.78, 5) is 39.9. The van der Waals surface area contributed by atoms with E-state index in [9.17, 15) is 14.4 Å². The number of urea groups is 1. The van der Waals surface area contributed by atoms with E-state index in [0.29, 0.717) is 31.7 Å². The number of benzene rings is 2. The van der Waals surface area contributed by atoms with Gasteiger partial charge in [0.25, 0.3) is 5.91 Å². The Labute approximate surface area is 163 Å². The molecule has 4 amide bonds. The van der Waals surface area contributed by atoms with E-state index in [1.165, 1.54) is 0 Å². The molecule has 0 aromatic heterocycles. The van der Waals surface area contributed by atoms with Crippen molar-refractivity contribution in [3.8, 4) is 0 Å². The third-order valence-electron chi connectivity index (χ3n) is 4.40. The Kier molecular flexibility index (Phi) is 6.59. The summed E-state index contributed by atoms with van der Waals surface area (Å²) in [6, 6.07) is 17.6. The van der Waals surface area contributed by atoms with Crippen molar-refractivity contribution in [1.82, 2.24) is 20.7 Å². The van der Waals surface area contributed by atoms with Crippen LogP contribution in [0.5, 0.6) is 0 Å². The van der Waals surface area contributed by atoms with Crippen LogP contribution in [0.15, 0.2) is 60.7 Å². The van der Waals surface area contributed by atoms with Gasteiger partial charge in [0.15, 0.2) is 0 Å². The van der Waals surface area contributed by atoms with E-state index in [0.717, 1.165) is 5.69 Å². The number of anilines is 1. The number of hydrazine groups is 1. The molecule has 1 fully saturated rings. The van der Waals surface area contributed by atoms with Gasteiger partial charge in [-0.1, -0.05) is 36.4 Å². The van der Waals surface area contributed by atoms with Gasteiger partial charge in [-0.25, -0.2) is 10.2 Å². The lowest BCUT2D eigenvalue weighted by atomic mass is 10.2. The van der Waals surface area contributed by atoms with Gasteiger partial charge in [0.1, 0.15) is 0 Å². The Bertz CT molecular complexity index is 805. The highest BCUT2D eigenvalue weighted by Gasteiger charge is 2.22. The van der Waals surface area contributed by atoms with Crippen molar-refractivity contribution in [2.75, 3.05) is 38.0 Å².